The van der Waals surface area contributed by atoms with E-state index in [0.717, 1.165) is 22.4 Å². The summed E-state index contributed by atoms with van der Waals surface area (Å²) in [6.07, 6.45) is 0.321. The first-order valence-corrected chi connectivity index (χ1v) is 11.7. The Balaban J connectivity index is 1.31. The van der Waals surface area contributed by atoms with Crippen LogP contribution < -0.4 is 19.5 Å². The molecule has 0 saturated carbocycles. The Hall–Kier alpha value is -4.00. The number of hydrogen-bond donors (Lipinski definition) is 1. The van der Waals surface area contributed by atoms with Crippen molar-refractivity contribution in [1.29, 1.82) is 0 Å². The quantitative estimate of drug-likeness (QED) is 0.569. The highest BCUT2D eigenvalue weighted by Gasteiger charge is 2.40. The van der Waals surface area contributed by atoms with Crippen LogP contribution in [0.25, 0.3) is 0 Å². The molecule has 35 heavy (non-hydrogen) atoms. The highest BCUT2D eigenvalue weighted by Crippen LogP contribution is 2.35. The molecule has 5 rings (SSSR count). The van der Waals surface area contributed by atoms with E-state index in [-0.39, 0.29) is 30.4 Å². The minimum atomic E-state index is -0.350. The lowest BCUT2D eigenvalue weighted by Gasteiger charge is -2.18. The summed E-state index contributed by atoms with van der Waals surface area (Å²) in [5.41, 5.74) is 2.91. The highest BCUT2D eigenvalue weighted by molar-refractivity contribution is 5.84. The Morgan fingerprint density at radius 1 is 0.943 bits per heavy atom. The lowest BCUT2D eigenvalue weighted by Crippen LogP contribution is -2.35. The molecule has 180 valence electrons. The molecule has 0 radical (unpaired) electrons. The molecule has 0 aromatic heterocycles. The van der Waals surface area contributed by atoms with Gasteiger partial charge in [0.2, 0.25) is 18.6 Å². The Kier molecular flexibility index (Phi) is 6.57. The summed E-state index contributed by atoms with van der Waals surface area (Å²) in [5, 5.41) is 3.07. The van der Waals surface area contributed by atoms with Crippen LogP contribution >= 0.6 is 0 Å². The number of methoxy groups -OCH3 is 1. The average molecular weight is 473 g/mol. The number of hydrogen-bond acceptors (Lipinski definition) is 5. The summed E-state index contributed by atoms with van der Waals surface area (Å²) in [5.74, 6) is 1.66. The number of ether oxygens (including phenoxy) is 3. The zero-order valence-corrected chi connectivity index (χ0v) is 19.6. The van der Waals surface area contributed by atoms with Gasteiger partial charge in [0, 0.05) is 25.6 Å². The molecule has 0 aliphatic carbocycles. The van der Waals surface area contributed by atoms with Crippen LogP contribution in [0.5, 0.6) is 17.2 Å². The zero-order valence-electron chi connectivity index (χ0n) is 19.6. The van der Waals surface area contributed by atoms with E-state index < -0.39 is 0 Å². The normalized spacial score (nSPS) is 18.4. The number of nitrogens with zero attached hydrogens (tertiary/aromatic N) is 1. The first-order valence-electron chi connectivity index (χ1n) is 11.7. The van der Waals surface area contributed by atoms with Crippen LogP contribution in [0.1, 0.15) is 22.6 Å². The number of likely N-dealkylation sites (tertiary alicyclic amines) is 1. The molecule has 7 heteroatoms. The van der Waals surface area contributed by atoms with Crippen LogP contribution in [-0.4, -0.2) is 43.7 Å². The molecule has 2 atom stereocenters. The standard InChI is InChI=1S/C28H28N2O5/c1-33-22-10-8-21(9-11-22)23-16-30(27(31)14-19-5-3-2-4-6-19)17-24(23)28(32)29-15-20-7-12-25-26(13-20)35-18-34-25/h2-13,23-24H,14-18H2,1H3,(H,29,32). The fraction of sp³-hybridized carbons (Fsp3) is 0.286. The minimum Gasteiger partial charge on any atom is -0.497 e. The molecule has 7 nitrogen and oxygen atoms in total. The summed E-state index contributed by atoms with van der Waals surface area (Å²) in [6.45, 7) is 1.47. The minimum absolute atomic E-state index is 0.0285. The molecule has 1 saturated heterocycles. The molecule has 0 spiro atoms. The first kappa shape index (κ1) is 22.8. The van der Waals surface area contributed by atoms with Crippen molar-refractivity contribution in [3.63, 3.8) is 0 Å². The van der Waals surface area contributed by atoms with Crippen LogP contribution in [0.2, 0.25) is 0 Å². The third-order valence-corrected chi connectivity index (χ3v) is 6.66. The van der Waals surface area contributed by atoms with Gasteiger partial charge in [0.15, 0.2) is 11.5 Å². The van der Waals surface area contributed by atoms with E-state index in [0.29, 0.717) is 37.6 Å². The summed E-state index contributed by atoms with van der Waals surface area (Å²) in [7, 11) is 1.63. The predicted molar refractivity (Wildman–Crippen MR) is 130 cm³/mol. The molecule has 3 aromatic carbocycles. The molecule has 2 amide bonds. The molecular weight excluding hydrogens is 444 g/mol. The third kappa shape index (κ3) is 5.09. The molecular formula is C28H28N2O5. The Bertz CT molecular complexity index is 1200. The van der Waals surface area contributed by atoms with Gasteiger partial charge >= 0.3 is 0 Å². The van der Waals surface area contributed by atoms with Gasteiger partial charge in [-0.2, -0.15) is 0 Å². The van der Waals surface area contributed by atoms with E-state index in [1.807, 2.05) is 77.7 Å². The van der Waals surface area contributed by atoms with Crippen molar-refractivity contribution >= 4 is 11.8 Å². The van der Waals surface area contributed by atoms with Crippen LogP contribution in [0.15, 0.2) is 72.8 Å². The van der Waals surface area contributed by atoms with Crippen LogP contribution in [0.3, 0.4) is 0 Å². The Morgan fingerprint density at radius 3 is 2.49 bits per heavy atom. The van der Waals surface area contributed by atoms with Gasteiger partial charge in [-0.3, -0.25) is 9.59 Å². The number of fused-ring (bicyclic) bond motifs is 1. The first-order chi connectivity index (χ1) is 17.1. The number of benzene rings is 3. The number of amides is 2. The van der Waals surface area contributed by atoms with Crippen LogP contribution in [-0.2, 0) is 22.6 Å². The molecule has 2 heterocycles. The molecule has 2 unspecified atom stereocenters. The van der Waals surface area contributed by atoms with Crippen molar-refractivity contribution in [1.82, 2.24) is 10.2 Å². The highest BCUT2D eigenvalue weighted by atomic mass is 16.7. The smallest absolute Gasteiger partial charge is 0.231 e. The van der Waals surface area contributed by atoms with Gasteiger partial charge in [-0.1, -0.05) is 48.5 Å². The van der Waals surface area contributed by atoms with Crippen LogP contribution in [0.4, 0.5) is 0 Å². The zero-order chi connectivity index (χ0) is 24.2. The number of carbonyl (C=O) groups is 2. The molecule has 3 aromatic rings. The lowest BCUT2D eigenvalue weighted by molar-refractivity contribution is -0.130. The molecule has 2 aliphatic heterocycles. The van der Waals surface area contributed by atoms with Crippen molar-refractivity contribution in [2.24, 2.45) is 5.92 Å². The summed E-state index contributed by atoms with van der Waals surface area (Å²) >= 11 is 0. The molecule has 1 fully saturated rings. The van der Waals surface area contributed by atoms with E-state index in [1.54, 1.807) is 7.11 Å². The van der Waals surface area contributed by atoms with E-state index in [4.69, 9.17) is 14.2 Å². The maximum Gasteiger partial charge on any atom is 0.231 e. The van der Waals surface area contributed by atoms with Crippen LogP contribution in [0, 0.1) is 5.92 Å². The van der Waals surface area contributed by atoms with Gasteiger partial charge < -0.3 is 24.4 Å². The fourth-order valence-electron chi connectivity index (χ4n) is 4.72. The second-order valence-electron chi connectivity index (χ2n) is 8.85. The largest absolute Gasteiger partial charge is 0.497 e. The van der Waals surface area contributed by atoms with E-state index in [2.05, 4.69) is 5.32 Å². The van der Waals surface area contributed by atoms with Gasteiger partial charge in [0.05, 0.1) is 19.4 Å². The van der Waals surface area contributed by atoms with Crippen molar-refractivity contribution < 1.29 is 23.8 Å². The predicted octanol–water partition coefficient (Wildman–Crippen LogP) is 3.53. The fourth-order valence-corrected chi connectivity index (χ4v) is 4.72. The Labute approximate surface area is 204 Å². The average Bonchev–Trinajstić information content (AvgIpc) is 3.55. The third-order valence-electron chi connectivity index (χ3n) is 6.66. The monoisotopic (exact) mass is 472 g/mol. The molecule has 1 N–H and O–H groups in total. The Morgan fingerprint density at radius 2 is 1.71 bits per heavy atom. The number of nitrogens with one attached hydrogen (secondary N) is 1. The van der Waals surface area contributed by atoms with Crippen molar-refractivity contribution in [3.05, 3.63) is 89.5 Å². The molecule has 2 aliphatic rings. The maximum atomic E-state index is 13.4. The van der Waals surface area contributed by atoms with Crippen molar-refractivity contribution in [2.75, 3.05) is 27.0 Å². The van der Waals surface area contributed by atoms with E-state index in [1.165, 1.54) is 0 Å². The SMILES string of the molecule is COc1ccc(C2CN(C(=O)Cc3ccccc3)CC2C(=O)NCc2ccc3c(c2)OCO3)cc1. The lowest BCUT2D eigenvalue weighted by atomic mass is 9.88. The van der Waals surface area contributed by atoms with Gasteiger partial charge in [-0.25, -0.2) is 0 Å². The van der Waals surface area contributed by atoms with Gasteiger partial charge in [0.25, 0.3) is 0 Å². The van der Waals surface area contributed by atoms with Gasteiger partial charge in [-0.15, -0.1) is 0 Å². The second-order valence-corrected chi connectivity index (χ2v) is 8.85. The van der Waals surface area contributed by atoms with Gasteiger partial charge in [-0.05, 0) is 41.0 Å². The second kappa shape index (κ2) is 10.1. The van der Waals surface area contributed by atoms with E-state index in [9.17, 15) is 9.59 Å². The topological polar surface area (TPSA) is 77.1 Å². The van der Waals surface area contributed by atoms with Crippen molar-refractivity contribution in [2.45, 2.75) is 18.9 Å². The summed E-state index contributed by atoms with van der Waals surface area (Å²) < 4.78 is 16.1. The number of rotatable bonds is 7. The summed E-state index contributed by atoms with van der Waals surface area (Å²) in [4.78, 5) is 28.3. The summed E-state index contributed by atoms with van der Waals surface area (Å²) in [6, 6.07) is 23.1. The maximum absolute atomic E-state index is 13.4. The molecule has 0 bridgehead atoms. The van der Waals surface area contributed by atoms with E-state index >= 15 is 0 Å². The number of carbonyl (C=O) groups excluding carboxylic acids is 2. The van der Waals surface area contributed by atoms with Crippen molar-refractivity contribution in [3.8, 4) is 17.2 Å². The van der Waals surface area contributed by atoms with Gasteiger partial charge in [0.1, 0.15) is 5.75 Å².